The van der Waals surface area contributed by atoms with E-state index in [9.17, 15) is 0 Å². The Morgan fingerprint density at radius 1 is 1.64 bits per heavy atom. The Labute approximate surface area is 89.7 Å². The smallest absolute Gasteiger partial charge is 0.156 e. The Balaban J connectivity index is 1.58. The second kappa shape index (κ2) is 5.03. The predicted molar refractivity (Wildman–Crippen MR) is 60.9 cm³/mol. The third-order valence-electron chi connectivity index (χ3n) is 2.66. The maximum Gasteiger partial charge on any atom is 0.156 e. The monoisotopic (exact) mass is 214 g/mol. The van der Waals surface area contributed by atoms with Crippen molar-refractivity contribution >= 4 is 16.9 Å². The van der Waals surface area contributed by atoms with Gasteiger partial charge < -0.3 is 10.1 Å². The van der Waals surface area contributed by atoms with Crippen LogP contribution in [0, 0.1) is 5.92 Å². The molecule has 0 amide bonds. The van der Waals surface area contributed by atoms with Crippen LogP contribution in [0.1, 0.15) is 19.8 Å². The minimum atomic E-state index is 0.660. The van der Waals surface area contributed by atoms with Crippen LogP contribution in [0.5, 0.6) is 0 Å². The van der Waals surface area contributed by atoms with Crippen molar-refractivity contribution in [2.45, 2.75) is 25.0 Å². The first kappa shape index (κ1) is 10.3. The topological polar surface area (TPSA) is 33.6 Å². The van der Waals surface area contributed by atoms with Crippen LogP contribution in [0.4, 0.5) is 0 Å². The molecule has 1 fully saturated rings. The number of rotatable bonds is 3. The fourth-order valence-electron chi connectivity index (χ4n) is 1.77. The minimum Gasteiger partial charge on any atom is -0.381 e. The minimum absolute atomic E-state index is 0.660. The number of hydrogen-bond donors (Lipinski definition) is 1. The lowest BCUT2D eigenvalue weighted by atomic mass is 10.1. The van der Waals surface area contributed by atoms with Crippen LogP contribution in [-0.4, -0.2) is 36.7 Å². The lowest BCUT2D eigenvalue weighted by Gasteiger charge is -2.09. The van der Waals surface area contributed by atoms with Gasteiger partial charge in [0.25, 0.3) is 0 Å². The molecule has 0 saturated carbocycles. The van der Waals surface area contributed by atoms with Gasteiger partial charge in [-0.05, 0) is 18.8 Å². The number of thioether (sulfide) groups is 1. The van der Waals surface area contributed by atoms with E-state index in [-0.39, 0.29) is 0 Å². The van der Waals surface area contributed by atoms with E-state index in [0.717, 1.165) is 37.4 Å². The molecule has 2 rings (SSSR count). The summed E-state index contributed by atoms with van der Waals surface area (Å²) < 4.78 is 5.33. The van der Waals surface area contributed by atoms with Crippen molar-refractivity contribution in [2.75, 3.05) is 26.3 Å². The molecule has 0 aromatic rings. The predicted octanol–water partition coefficient (Wildman–Crippen LogP) is 1.49. The Kier molecular flexibility index (Phi) is 3.70. The van der Waals surface area contributed by atoms with Gasteiger partial charge in [0.2, 0.25) is 0 Å². The van der Waals surface area contributed by atoms with Crippen LogP contribution in [0.25, 0.3) is 0 Å². The van der Waals surface area contributed by atoms with E-state index in [1.807, 2.05) is 11.8 Å². The second-order valence-electron chi connectivity index (χ2n) is 4.02. The van der Waals surface area contributed by atoms with Gasteiger partial charge in [-0.1, -0.05) is 18.7 Å². The molecule has 2 aliphatic heterocycles. The van der Waals surface area contributed by atoms with Crippen LogP contribution in [0.3, 0.4) is 0 Å². The highest BCUT2D eigenvalue weighted by atomic mass is 32.2. The molecule has 2 heterocycles. The zero-order valence-corrected chi connectivity index (χ0v) is 9.48. The first-order chi connectivity index (χ1) is 6.84. The van der Waals surface area contributed by atoms with Gasteiger partial charge in [0.05, 0.1) is 6.54 Å². The molecular weight excluding hydrogens is 196 g/mol. The van der Waals surface area contributed by atoms with E-state index in [1.165, 1.54) is 12.8 Å². The van der Waals surface area contributed by atoms with Crippen molar-refractivity contribution in [3.63, 3.8) is 0 Å². The Morgan fingerprint density at radius 3 is 3.21 bits per heavy atom. The summed E-state index contributed by atoms with van der Waals surface area (Å²) in [6, 6.07) is 0. The molecule has 0 bridgehead atoms. The molecule has 0 aromatic carbocycles. The van der Waals surface area contributed by atoms with Gasteiger partial charge >= 0.3 is 0 Å². The van der Waals surface area contributed by atoms with Crippen molar-refractivity contribution in [3.8, 4) is 0 Å². The Morgan fingerprint density at radius 2 is 2.57 bits per heavy atom. The molecule has 80 valence electrons. The molecule has 3 nitrogen and oxygen atoms in total. The third-order valence-corrected chi connectivity index (χ3v) is 3.71. The molecule has 2 unspecified atom stereocenters. The second-order valence-corrected chi connectivity index (χ2v) is 5.45. The molecule has 14 heavy (non-hydrogen) atoms. The summed E-state index contributed by atoms with van der Waals surface area (Å²) in [5, 5.41) is 5.19. The molecule has 0 aromatic heterocycles. The highest BCUT2D eigenvalue weighted by Gasteiger charge is 2.17. The Hall–Kier alpha value is -0.220. The van der Waals surface area contributed by atoms with E-state index in [4.69, 9.17) is 4.74 Å². The number of hydrogen-bond acceptors (Lipinski definition) is 4. The number of ether oxygens (including phenoxy) is 1. The lowest BCUT2D eigenvalue weighted by molar-refractivity contribution is 0.184. The van der Waals surface area contributed by atoms with E-state index in [0.29, 0.717) is 5.25 Å². The van der Waals surface area contributed by atoms with E-state index < -0.39 is 0 Å². The average Bonchev–Trinajstić information content (AvgIpc) is 2.77. The summed E-state index contributed by atoms with van der Waals surface area (Å²) in [6.07, 6.45) is 2.45. The molecule has 4 heteroatoms. The number of aliphatic imine (C=N–C) groups is 1. The fourth-order valence-corrected chi connectivity index (χ4v) is 2.63. The highest BCUT2D eigenvalue weighted by molar-refractivity contribution is 8.14. The van der Waals surface area contributed by atoms with Gasteiger partial charge in [-0.15, -0.1) is 0 Å². The van der Waals surface area contributed by atoms with Gasteiger partial charge in [-0.3, -0.25) is 4.99 Å². The van der Waals surface area contributed by atoms with Gasteiger partial charge in [0.15, 0.2) is 5.17 Å². The zero-order valence-electron chi connectivity index (χ0n) is 8.66. The summed E-state index contributed by atoms with van der Waals surface area (Å²) in [4.78, 5) is 4.42. The molecule has 0 spiro atoms. The number of nitrogens with zero attached hydrogens (tertiary/aromatic N) is 1. The van der Waals surface area contributed by atoms with Gasteiger partial charge in [0.1, 0.15) is 0 Å². The van der Waals surface area contributed by atoms with Crippen molar-refractivity contribution < 1.29 is 4.74 Å². The first-order valence-electron chi connectivity index (χ1n) is 5.37. The molecule has 0 aliphatic carbocycles. The third kappa shape index (κ3) is 2.89. The summed E-state index contributed by atoms with van der Waals surface area (Å²) >= 11 is 1.86. The molecule has 0 radical (unpaired) electrons. The van der Waals surface area contributed by atoms with Crippen LogP contribution in [0.15, 0.2) is 4.99 Å². The average molecular weight is 214 g/mol. The summed E-state index contributed by atoms with van der Waals surface area (Å²) in [6.45, 7) is 6.15. The summed E-state index contributed by atoms with van der Waals surface area (Å²) in [5.41, 5.74) is 0. The van der Waals surface area contributed by atoms with E-state index in [2.05, 4.69) is 17.2 Å². The van der Waals surface area contributed by atoms with E-state index >= 15 is 0 Å². The first-order valence-corrected chi connectivity index (χ1v) is 6.25. The van der Waals surface area contributed by atoms with Crippen LogP contribution in [-0.2, 0) is 4.74 Å². The Bertz CT molecular complexity index is 214. The number of nitrogens with one attached hydrogen (secondary N) is 1. The number of amidine groups is 1. The molecule has 1 saturated heterocycles. The van der Waals surface area contributed by atoms with Crippen LogP contribution < -0.4 is 5.32 Å². The lowest BCUT2D eigenvalue weighted by Crippen LogP contribution is -2.22. The maximum absolute atomic E-state index is 5.33. The highest BCUT2D eigenvalue weighted by Crippen LogP contribution is 2.19. The molecule has 2 aliphatic rings. The van der Waals surface area contributed by atoms with Crippen LogP contribution in [0.2, 0.25) is 0 Å². The van der Waals surface area contributed by atoms with Crippen molar-refractivity contribution in [3.05, 3.63) is 0 Å². The zero-order chi connectivity index (χ0) is 9.80. The quantitative estimate of drug-likeness (QED) is 0.773. The van der Waals surface area contributed by atoms with Crippen molar-refractivity contribution in [1.82, 2.24) is 5.32 Å². The standard InChI is InChI=1S/C10H18N2OS/c1-8-6-12-10(14-8)11-4-2-9-3-5-13-7-9/h8-9H,2-7H2,1H3,(H,11,12). The maximum atomic E-state index is 5.33. The fraction of sp³-hybridized carbons (Fsp3) is 0.900. The largest absolute Gasteiger partial charge is 0.381 e. The summed E-state index contributed by atoms with van der Waals surface area (Å²) in [7, 11) is 0. The van der Waals surface area contributed by atoms with E-state index in [1.54, 1.807) is 0 Å². The normalized spacial score (nSPS) is 31.9. The van der Waals surface area contributed by atoms with Gasteiger partial charge in [0, 0.05) is 25.0 Å². The van der Waals surface area contributed by atoms with Crippen molar-refractivity contribution in [1.29, 1.82) is 0 Å². The van der Waals surface area contributed by atoms with Gasteiger partial charge in [-0.2, -0.15) is 0 Å². The molecule has 1 N–H and O–H groups in total. The van der Waals surface area contributed by atoms with Gasteiger partial charge in [-0.25, -0.2) is 0 Å². The SMILES string of the molecule is CC1CN=C(NCCC2CCOC2)S1. The van der Waals surface area contributed by atoms with Crippen LogP contribution >= 0.6 is 11.8 Å². The molecule has 2 atom stereocenters. The molecular formula is C10H18N2OS. The summed E-state index contributed by atoms with van der Waals surface area (Å²) in [5.74, 6) is 0.770. The van der Waals surface area contributed by atoms with Crippen molar-refractivity contribution in [2.24, 2.45) is 10.9 Å².